The van der Waals surface area contributed by atoms with Crippen molar-refractivity contribution in [3.05, 3.63) is 119 Å². The van der Waals surface area contributed by atoms with Crippen LogP contribution in [0.25, 0.3) is 27.1 Å². The van der Waals surface area contributed by atoms with Gasteiger partial charge in [-0.25, -0.2) is 13.6 Å². The van der Waals surface area contributed by atoms with E-state index in [0.29, 0.717) is 34.9 Å². The predicted molar refractivity (Wildman–Crippen MR) is 319 cm³/mol. The van der Waals surface area contributed by atoms with Crippen LogP contribution < -0.4 is 20.7 Å². The highest BCUT2D eigenvalue weighted by molar-refractivity contribution is 7.91. The smallest absolute Gasteiger partial charge is 0.295 e. The maximum Gasteiger partial charge on any atom is 0.295 e. The number of amides is 2. The number of hydrogen-bond donors (Lipinski definition) is 9. The van der Waals surface area contributed by atoms with Crippen LogP contribution in [0.3, 0.4) is 0 Å². The van der Waals surface area contributed by atoms with E-state index in [4.69, 9.17) is 5.14 Å². The van der Waals surface area contributed by atoms with Gasteiger partial charge in [-0.15, -0.1) is 10.2 Å². The minimum atomic E-state index is -5.19. The molecule has 38 heteroatoms. The van der Waals surface area contributed by atoms with Crippen molar-refractivity contribution in [2.45, 2.75) is 81.7 Å². The van der Waals surface area contributed by atoms with Gasteiger partial charge >= 0.3 is 0 Å². The van der Waals surface area contributed by atoms with Gasteiger partial charge in [0.05, 0.1) is 38.0 Å². The van der Waals surface area contributed by atoms with Crippen LogP contribution in [0, 0.1) is 0 Å². The molecule has 0 spiro atoms. The third-order valence-electron chi connectivity index (χ3n) is 14.2. The van der Waals surface area contributed by atoms with Gasteiger partial charge in [0.25, 0.3) is 76.6 Å². The number of fused-ring (bicyclic) bond motifs is 6. The molecule has 6 aromatic rings. The number of sulfonamides is 1. The molecule has 2 amide bonds. The molecule has 2 aliphatic heterocycles. The lowest BCUT2D eigenvalue weighted by Crippen LogP contribution is -2.28. The van der Waals surface area contributed by atoms with Crippen molar-refractivity contribution >= 4 is 143 Å². The molecule has 0 bridgehead atoms. The van der Waals surface area contributed by atoms with Gasteiger partial charge in [0, 0.05) is 83.0 Å². The summed E-state index contributed by atoms with van der Waals surface area (Å²) in [6, 6.07) is 11.2. The molecule has 0 aliphatic carbocycles. The first-order valence-electron chi connectivity index (χ1n) is 25.3. The molecule has 2 aliphatic rings. The zero-order chi connectivity index (χ0) is 65.3. The van der Waals surface area contributed by atoms with Crippen LogP contribution in [0.15, 0.2) is 121 Å². The van der Waals surface area contributed by atoms with Crippen LogP contribution in [0.4, 0.5) is 16.5 Å². The molecule has 472 valence electrons. The highest BCUT2D eigenvalue weighted by Gasteiger charge is 2.47. The van der Waals surface area contributed by atoms with Crippen LogP contribution in [-0.4, -0.2) is 155 Å². The Morgan fingerprint density at radius 2 is 1.25 bits per heavy atom. The van der Waals surface area contributed by atoms with Crippen LogP contribution in [-0.2, 0) is 86.4 Å². The highest BCUT2D eigenvalue weighted by atomic mass is 32.3. The molecular weight excluding hydrogens is 1320 g/mol. The van der Waals surface area contributed by atoms with Gasteiger partial charge in [-0.1, -0.05) is 37.3 Å². The molecule has 4 heterocycles. The van der Waals surface area contributed by atoms with Gasteiger partial charge in [-0.2, -0.15) is 55.1 Å². The minimum Gasteiger partial charge on any atom is -0.351 e. The third kappa shape index (κ3) is 14.6. The Hall–Kier alpha value is -6.89. The number of aromatic nitrogens is 3. The summed E-state index contributed by atoms with van der Waals surface area (Å²) in [5, 5.41) is 16.2. The van der Waals surface area contributed by atoms with E-state index >= 15 is 0 Å². The number of nitrogens with two attached hydrogens (primary N) is 1. The van der Waals surface area contributed by atoms with E-state index in [1.165, 1.54) is 60.7 Å². The number of carbonyl (C=O) groups excluding carboxylic acids is 2. The lowest BCUT2D eigenvalue weighted by atomic mass is 9.79. The lowest BCUT2D eigenvalue weighted by molar-refractivity contribution is -0.437. The number of anilines is 2. The molecule has 2 aromatic heterocycles. The molecule has 10 N–H and O–H groups in total. The van der Waals surface area contributed by atoms with Crippen LogP contribution in [0.2, 0.25) is 0 Å². The molecule has 8 rings (SSSR count). The maximum atomic E-state index is 13.5. The summed E-state index contributed by atoms with van der Waals surface area (Å²) < 4.78 is 235. The van der Waals surface area contributed by atoms with Crippen LogP contribution in [0.1, 0.15) is 74.1 Å². The van der Waals surface area contributed by atoms with E-state index in [0.717, 1.165) is 18.3 Å². The summed E-state index contributed by atoms with van der Waals surface area (Å²) >= 11 is 0.494. The van der Waals surface area contributed by atoms with Crippen molar-refractivity contribution in [1.29, 1.82) is 0 Å². The van der Waals surface area contributed by atoms with Crippen molar-refractivity contribution in [2.24, 2.45) is 5.14 Å². The Bertz CT molecular complexity index is 4930. The fourth-order valence-electron chi connectivity index (χ4n) is 10.5. The summed E-state index contributed by atoms with van der Waals surface area (Å²) in [4.78, 5) is 28.7. The Morgan fingerprint density at radius 3 is 1.77 bits per heavy atom. The summed E-state index contributed by atoms with van der Waals surface area (Å²) in [6.07, 6.45) is 6.42. The van der Waals surface area contributed by atoms with Gasteiger partial charge in [0.2, 0.25) is 21.1 Å². The molecule has 0 saturated heterocycles. The van der Waals surface area contributed by atoms with Gasteiger partial charge in [0.1, 0.15) is 16.3 Å². The average molecular weight is 1370 g/mol. The second-order valence-corrected chi connectivity index (χ2v) is 32.5. The average Bonchev–Trinajstić information content (AvgIpc) is 2.55. The number of carbonyl (C=O) groups is 2. The van der Waals surface area contributed by atoms with E-state index in [2.05, 4.69) is 25.8 Å². The number of allylic oxidation sites excluding steroid dienone is 6. The van der Waals surface area contributed by atoms with Gasteiger partial charge < -0.3 is 15.5 Å². The monoisotopic (exact) mass is 1370 g/mol. The van der Waals surface area contributed by atoms with E-state index < -0.39 is 129 Å². The summed E-state index contributed by atoms with van der Waals surface area (Å²) in [5.74, 6) is -2.92. The zero-order valence-corrected chi connectivity index (χ0v) is 52.6. The third-order valence-corrected chi connectivity index (χ3v) is 21.4. The topological polar surface area (TPSA) is 489 Å². The number of pyridine rings is 1. The standard InChI is InChI=1S/C50H52N8O22S8/c1-49(2)41(57(19-5-21-82(61,62)63)37-13-10-32-34(44(37)49)23-30(85(69,70)71)25-39(32)87(75,76)77)15-8-28(36-12-7-29(27-53-36)46(60)52-18-17-43(59)54-47-55-56-48(81-47)84(51,67)68)9-16-42-50(3,4)45-35-24-31(86(72,73)74)26-40(88(78,79)80)33(35)11-14-38(45)58(42)20-6-22-83(64,65)66/h7-16,23-27H,5-6,17-22H2,1-4H3,(H9-,51,52,54,55,59,60,61,62,63,64,65,66,67,68,69,70,71,72,73,74,75,76,77,78,79,80)/p+1. The van der Waals surface area contributed by atoms with Crippen molar-refractivity contribution in [3.8, 4) is 0 Å². The Balaban J connectivity index is 1.30. The molecular formula is C50H53N8O22S8+. The fourth-order valence-corrected chi connectivity index (χ4v) is 15.5. The number of nitrogens with one attached hydrogen (secondary N) is 2. The second-order valence-electron chi connectivity index (χ2n) is 21.0. The Labute approximate surface area is 508 Å². The van der Waals surface area contributed by atoms with E-state index in [1.54, 1.807) is 37.2 Å². The van der Waals surface area contributed by atoms with E-state index in [9.17, 15) is 95.8 Å². The van der Waals surface area contributed by atoms with E-state index in [1.807, 2.05) is 0 Å². The van der Waals surface area contributed by atoms with Crippen molar-refractivity contribution in [2.75, 3.05) is 41.4 Å². The highest BCUT2D eigenvalue weighted by Crippen LogP contribution is 2.52. The quantitative estimate of drug-likeness (QED) is 0.0201. The first kappa shape index (κ1) is 67.0. The molecule has 0 unspecified atom stereocenters. The van der Waals surface area contributed by atoms with Crippen molar-refractivity contribution in [1.82, 2.24) is 20.5 Å². The first-order chi connectivity index (χ1) is 40.4. The molecule has 0 saturated carbocycles. The van der Waals surface area contributed by atoms with Crippen LogP contribution in [0.5, 0.6) is 0 Å². The van der Waals surface area contributed by atoms with Gasteiger partial charge in [0.15, 0.2) is 5.71 Å². The molecule has 0 radical (unpaired) electrons. The minimum absolute atomic E-state index is 0.0438. The van der Waals surface area contributed by atoms with E-state index in [-0.39, 0.29) is 105 Å². The molecule has 0 atom stereocenters. The SMILES string of the molecule is CC1(C)C(/C=C/C(=C/C=C2/N(CCCS(=O)(=O)O)c3ccc4c(S(=O)(=O)O)cc(S(=O)(=O)O)cc4c3C2(C)C)c2ccc(C(=O)NCCC(=O)Nc3nnc(S(N)(=O)=O)s3)cn2)=[N+](CCCS(=O)(=O)O)c2ccc3c(S(=O)(=O)O)cc(S(=O)(=O)O)cc3c21. The summed E-state index contributed by atoms with van der Waals surface area (Å²) in [6.45, 7) is 5.92. The molecule has 4 aromatic carbocycles. The Kier molecular flexibility index (Phi) is 18.1. The number of primary sulfonamides is 1. The number of benzene rings is 4. The Morgan fingerprint density at radius 1 is 0.682 bits per heavy atom. The predicted octanol–water partition coefficient (Wildman–Crippen LogP) is 3.89. The van der Waals surface area contributed by atoms with Gasteiger partial charge in [-0.05, 0) is 97.3 Å². The second kappa shape index (κ2) is 23.8. The molecule has 30 nitrogen and oxygen atoms in total. The fraction of sp³-hybridized carbons (Fsp3) is 0.280. The van der Waals surface area contributed by atoms with Crippen molar-refractivity contribution < 1.29 is 100 Å². The van der Waals surface area contributed by atoms with Gasteiger partial charge in [-0.3, -0.25) is 41.9 Å². The summed E-state index contributed by atoms with van der Waals surface area (Å²) in [7, 11) is -34.0. The zero-order valence-electron chi connectivity index (χ0n) is 46.1. The first-order valence-corrected chi connectivity index (χ1v) is 36.7. The molecule has 0 fully saturated rings. The number of hydrogen-bond acceptors (Lipinski definition) is 21. The van der Waals surface area contributed by atoms with Crippen LogP contribution >= 0.6 is 11.3 Å². The largest absolute Gasteiger partial charge is 0.351 e. The summed E-state index contributed by atoms with van der Waals surface area (Å²) in [5.41, 5.74) is -0.973. The normalized spacial score (nSPS) is 16.2. The number of nitrogens with zero attached hydrogens (tertiary/aromatic N) is 5. The van der Waals surface area contributed by atoms with Crippen molar-refractivity contribution in [3.63, 3.8) is 0 Å². The number of rotatable bonds is 22. The maximum absolute atomic E-state index is 13.5. The molecule has 88 heavy (non-hydrogen) atoms. The lowest BCUT2D eigenvalue weighted by Gasteiger charge is -2.27.